The first-order chi connectivity index (χ1) is 9.08. The summed E-state index contributed by atoms with van der Waals surface area (Å²) < 4.78 is 5.42. The first kappa shape index (κ1) is 13.2. The van der Waals surface area contributed by atoms with Crippen LogP contribution in [0.15, 0.2) is 42.5 Å². The second-order valence-electron chi connectivity index (χ2n) is 3.88. The number of hydrogen-bond acceptors (Lipinski definition) is 3. The van der Waals surface area contributed by atoms with E-state index in [-0.39, 0.29) is 22.9 Å². The molecule has 98 valence electrons. The van der Waals surface area contributed by atoms with E-state index in [1.165, 1.54) is 18.2 Å². The second-order valence-corrected chi connectivity index (χ2v) is 4.28. The van der Waals surface area contributed by atoms with Gasteiger partial charge in [0.25, 0.3) is 0 Å². The molecule has 4 nitrogen and oxygen atoms in total. The topological polar surface area (TPSA) is 66.8 Å². The second kappa shape index (κ2) is 5.63. The Hall–Kier alpha value is -2.20. The van der Waals surface area contributed by atoms with Crippen molar-refractivity contribution in [3.05, 3.63) is 58.6 Å². The first-order valence-corrected chi connectivity index (χ1v) is 5.88. The summed E-state index contributed by atoms with van der Waals surface area (Å²) in [7, 11) is 0. The largest absolute Gasteiger partial charge is 0.504 e. The maximum absolute atomic E-state index is 10.8. The van der Waals surface area contributed by atoms with Crippen LogP contribution in [-0.4, -0.2) is 16.2 Å². The summed E-state index contributed by atoms with van der Waals surface area (Å²) in [6.07, 6.45) is 0. The number of aromatic carboxylic acids is 1. The van der Waals surface area contributed by atoms with Crippen LogP contribution in [0.3, 0.4) is 0 Å². The van der Waals surface area contributed by atoms with E-state index in [0.29, 0.717) is 5.75 Å². The van der Waals surface area contributed by atoms with Gasteiger partial charge in [-0.05, 0) is 29.8 Å². The van der Waals surface area contributed by atoms with Crippen molar-refractivity contribution in [2.45, 2.75) is 6.61 Å². The molecular formula is C14H11ClO4. The Morgan fingerprint density at radius 2 is 1.95 bits per heavy atom. The van der Waals surface area contributed by atoms with Crippen molar-refractivity contribution in [3.8, 4) is 11.5 Å². The average molecular weight is 279 g/mol. The molecule has 0 spiro atoms. The Balaban J connectivity index is 2.11. The number of phenolic OH excluding ortho intramolecular Hbond substituents is 1. The zero-order valence-electron chi connectivity index (χ0n) is 9.84. The molecule has 0 atom stereocenters. The molecule has 2 aromatic rings. The van der Waals surface area contributed by atoms with Crippen LogP contribution < -0.4 is 4.74 Å². The Kier molecular flexibility index (Phi) is 3.92. The minimum absolute atomic E-state index is 0.0491. The van der Waals surface area contributed by atoms with Crippen molar-refractivity contribution >= 4 is 17.6 Å². The van der Waals surface area contributed by atoms with Crippen LogP contribution >= 0.6 is 11.6 Å². The number of carbonyl (C=O) groups is 1. The molecule has 0 bridgehead atoms. The molecule has 5 heteroatoms. The van der Waals surface area contributed by atoms with Gasteiger partial charge in [-0.1, -0.05) is 29.8 Å². The molecule has 0 aliphatic heterocycles. The van der Waals surface area contributed by atoms with Crippen molar-refractivity contribution in [1.82, 2.24) is 0 Å². The van der Waals surface area contributed by atoms with Crippen molar-refractivity contribution < 1.29 is 19.7 Å². The summed E-state index contributed by atoms with van der Waals surface area (Å²) in [6, 6.07) is 11.2. The number of phenols is 1. The average Bonchev–Trinajstić information content (AvgIpc) is 2.37. The van der Waals surface area contributed by atoms with Crippen LogP contribution in [0, 0.1) is 0 Å². The van der Waals surface area contributed by atoms with Gasteiger partial charge in [0, 0.05) is 0 Å². The van der Waals surface area contributed by atoms with Crippen molar-refractivity contribution in [1.29, 1.82) is 0 Å². The number of halogens is 1. The molecule has 19 heavy (non-hydrogen) atoms. The Morgan fingerprint density at radius 1 is 1.21 bits per heavy atom. The van der Waals surface area contributed by atoms with E-state index in [4.69, 9.17) is 21.4 Å². The summed E-state index contributed by atoms with van der Waals surface area (Å²) in [5.41, 5.74) is 0.770. The van der Waals surface area contributed by atoms with E-state index in [9.17, 15) is 9.90 Å². The van der Waals surface area contributed by atoms with E-state index in [1.807, 2.05) is 0 Å². The van der Waals surface area contributed by atoms with Gasteiger partial charge in [-0.2, -0.15) is 0 Å². The minimum Gasteiger partial charge on any atom is -0.504 e. The number of carboxylic acid groups (broad SMARTS) is 1. The van der Waals surface area contributed by atoms with Crippen molar-refractivity contribution in [2.24, 2.45) is 0 Å². The van der Waals surface area contributed by atoms with Gasteiger partial charge in [-0.15, -0.1) is 0 Å². The lowest BCUT2D eigenvalue weighted by atomic mass is 10.1. The molecule has 0 saturated heterocycles. The van der Waals surface area contributed by atoms with Crippen LogP contribution in [0.2, 0.25) is 5.02 Å². The fourth-order valence-corrected chi connectivity index (χ4v) is 1.85. The summed E-state index contributed by atoms with van der Waals surface area (Å²) in [4.78, 5) is 10.8. The number of rotatable bonds is 4. The number of hydrogen-bond donors (Lipinski definition) is 2. The van der Waals surface area contributed by atoms with Gasteiger partial charge < -0.3 is 14.9 Å². The summed E-state index contributed by atoms with van der Waals surface area (Å²) in [5, 5.41) is 18.5. The number of ether oxygens (including phenoxy) is 1. The van der Waals surface area contributed by atoms with Crippen LogP contribution in [0.4, 0.5) is 0 Å². The molecule has 2 rings (SSSR count). The maximum atomic E-state index is 10.8. The first-order valence-electron chi connectivity index (χ1n) is 5.50. The highest BCUT2D eigenvalue weighted by Gasteiger charge is 2.09. The highest BCUT2D eigenvalue weighted by atomic mass is 35.5. The number of aromatic hydroxyl groups is 1. The van der Waals surface area contributed by atoms with Gasteiger partial charge in [-0.3, -0.25) is 0 Å². The fraction of sp³-hybridized carbons (Fsp3) is 0.0714. The normalized spacial score (nSPS) is 10.2. The minimum atomic E-state index is -1.07. The molecule has 0 aliphatic rings. The molecule has 0 radical (unpaired) electrons. The SMILES string of the molecule is O=C(O)c1ccc(COc2ccccc2O)cc1Cl. The standard InChI is InChI=1S/C14H11ClO4/c15-11-7-9(5-6-10(11)14(17)18)8-19-13-4-2-1-3-12(13)16/h1-7,16H,8H2,(H,17,18). The van der Waals surface area contributed by atoms with E-state index < -0.39 is 5.97 Å². The molecule has 0 heterocycles. The van der Waals surface area contributed by atoms with Gasteiger partial charge >= 0.3 is 5.97 Å². The lowest BCUT2D eigenvalue weighted by Gasteiger charge is -2.08. The highest BCUT2D eigenvalue weighted by Crippen LogP contribution is 2.26. The smallest absolute Gasteiger partial charge is 0.337 e. The third kappa shape index (κ3) is 3.17. The molecule has 0 unspecified atom stereocenters. The zero-order chi connectivity index (χ0) is 13.8. The Labute approximate surface area is 114 Å². The predicted molar refractivity (Wildman–Crippen MR) is 70.9 cm³/mol. The van der Waals surface area contributed by atoms with Crippen LogP contribution in [0.25, 0.3) is 0 Å². The lowest BCUT2D eigenvalue weighted by Crippen LogP contribution is -2.00. The third-order valence-corrected chi connectivity index (χ3v) is 2.84. The summed E-state index contributed by atoms with van der Waals surface area (Å²) in [6.45, 7) is 0.192. The van der Waals surface area contributed by atoms with Gasteiger partial charge in [0.2, 0.25) is 0 Å². The summed E-state index contributed by atoms with van der Waals surface area (Å²) >= 11 is 5.85. The zero-order valence-corrected chi connectivity index (χ0v) is 10.6. The highest BCUT2D eigenvalue weighted by molar-refractivity contribution is 6.33. The number of benzene rings is 2. The predicted octanol–water partition coefficient (Wildman–Crippen LogP) is 3.32. The van der Waals surface area contributed by atoms with E-state index in [2.05, 4.69) is 0 Å². The van der Waals surface area contributed by atoms with Gasteiger partial charge in [0.1, 0.15) is 6.61 Å². The van der Waals surface area contributed by atoms with Crippen LogP contribution in [-0.2, 0) is 6.61 Å². The lowest BCUT2D eigenvalue weighted by molar-refractivity contribution is 0.0697. The Bertz CT molecular complexity index is 610. The fourth-order valence-electron chi connectivity index (χ4n) is 1.56. The molecule has 2 N–H and O–H groups in total. The Morgan fingerprint density at radius 3 is 2.58 bits per heavy atom. The molecule has 0 saturated carbocycles. The quantitative estimate of drug-likeness (QED) is 0.900. The van der Waals surface area contributed by atoms with Gasteiger partial charge in [-0.25, -0.2) is 4.79 Å². The van der Waals surface area contributed by atoms with E-state index in [0.717, 1.165) is 5.56 Å². The third-order valence-electron chi connectivity index (χ3n) is 2.52. The van der Waals surface area contributed by atoms with Crippen LogP contribution in [0.5, 0.6) is 11.5 Å². The molecule has 0 aliphatic carbocycles. The number of para-hydroxylation sites is 2. The van der Waals surface area contributed by atoms with Gasteiger partial charge in [0.05, 0.1) is 10.6 Å². The molecular weight excluding hydrogens is 268 g/mol. The summed E-state index contributed by atoms with van der Waals surface area (Å²) in [5.74, 6) is -0.658. The maximum Gasteiger partial charge on any atom is 0.337 e. The van der Waals surface area contributed by atoms with Crippen LogP contribution in [0.1, 0.15) is 15.9 Å². The molecule has 0 amide bonds. The van der Waals surface area contributed by atoms with Gasteiger partial charge in [0.15, 0.2) is 11.5 Å². The molecule has 2 aromatic carbocycles. The monoisotopic (exact) mass is 278 g/mol. The molecule has 0 fully saturated rings. The van der Waals surface area contributed by atoms with Crippen molar-refractivity contribution in [2.75, 3.05) is 0 Å². The van der Waals surface area contributed by atoms with E-state index >= 15 is 0 Å². The van der Waals surface area contributed by atoms with E-state index in [1.54, 1.807) is 24.3 Å². The van der Waals surface area contributed by atoms with Crippen molar-refractivity contribution in [3.63, 3.8) is 0 Å². The molecule has 0 aromatic heterocycles. The number of carboxylic acids is 1.